The van der Waals surface area contributed by atoms with Gasteiger partial charge in [-0.05, 0) is 55.3 Å². The van der Waals surface area contributed by atoms with Crippen LogP contribution >= 0.6 is 15.9 Å². The zero-order valence-electron chi connectivity index (χ0n) is 14.3. The van der Waals surface area contributed by atoms with E-state index < -0.39 is 5.97 Å². The molecule has 0 aromatic heterocycles. The Kier molecular flexibility index (Phi) is 4.66. The Hall–Kier alpha value is -2.73. The lowest BCUT2D eigenvalue weighted by molar-refractivity contribution is -0.122. The number of esters is 1. The minimum absolute atomic E-state index is 0.201. The van der Waals surface area contributed by atoms with Gasteiger partial charge in [0.25, 0.3) is 0 Å². The largest absolute Gasteiger partial charge is 0.423 e. The van der Waals surface area contributed by atoms with Crippen LogP contribution in [0.25, 0.3) is 0 Å². The first-order valence-electron chi connectivity index (χ1n) is 8.65. The van der Waals surface area contributed by atoms with E-state index in [9.17, 15) is 14.4 Å². The van der Waals surface area contributed by atoms with Gasteiger partial charge in [-0.1, -0.05) is 34.1 Å². The molecule has 0 spiro atoms. The lowest BCUT2D eigenvalue weighted by Crippen LogP contribution is -2.31. The van der Waals surface area contributed by atoms with E-state index in [0.717, 1.165) is 4.47 Å². The van der Waals surface area contributed by atoms with Crippen LogP contribution < -0.4 is 9.64 Å². The van der Waals surface area contributed by atoms with Gasteiger partial charge in [-0.2, -0.15) is 0 Å². The molecule has 0 N–H and O–H groups in total. The van der Waals surface area contributed by atoms with Gasteiger partial charge in [0.15, 0.2) is 0 Å². The second-order valence-corrected chi connectivity index (χ2v) is 7.48. The summed E-state index contributed by atoms with van der Waals surface area (Å²) in [5.41, 5.74) is 0.689. The van der Waals surface area contributed by atoms with E-state index in [0.29, 0.717) is 24.3 Å². The number of imide groups is 1. The van der Waals surface area contributed by atoms with Gasteiger partial charge in [-0.3, -0.25) is 14.5 Å². The lowest BCUT2D eigenvalue weighted by Gasteiger charge is -2.15. The van der Waals surface area contributed by atoms with Gasteiger partial charge < -0.3 is 4.74 Å². The maximum Gasteiger partial charge on any atom is 0.343 e. The second kappa shape index (κ2) is 7.12. The Balaban J connectivity index is 1.57. The Bertz CT molecular complexity index is 925. The normalized spacial score (nSPS) is 21.3. The molecular weight excluding hydrogens is 410 g/mol. The van der Waals surface area contributed by atoms with Crippen molar-refractivity contribution in [1.29, 1.82) is 0 Å². The highest BCUT2D eigenvalue weighted by molar-refractivity contribution is 9.10. The number of anilines is 1. The van der Waals surface area contributed by atoms with E-state index >= 15 is 0 Å². The summed E-state index contributed by atoms with van der Waals surface area (Å²) in [5, 5.41) is 0. The molecule has 1 aliphatic carbocycles. The minimum atomic E-state index is -0.544. The summed E-state index contributed by atoms with van der Waals surface area (Å²) < 4.78 is 6.24. The van der Waals surface area contributed by atoms with E-state index in [1.807, 2.05) is 12.2 Å². The van der Waals surface area contributed by atoms with Gasteiger partial charge in [-0.25, -0.2) is 4.79 Å². The highest BCUT2D eigenvalue weighted by Gasteiger charge is 2.47. The number of halogens is 1. The number of fused-ring (bicyclic) bond motifs is 1. The van der Waals surface area contributed by atoms with E-state index in [2.05, 4.69) is 15.9 Å². The van der Waals surface area contributed by atoms with Crippen molar-refractivity contribution in [2.45, 2.75) is 12.8 Å². The molecular formula is C21H16BrNO4. The average molecular weight is 426 g/mol. The van der Waals surface area contributed by atoms with Crippen LogP contribution in [-0.4, -0.2) is 17.8 Å². The zero-order valence-corrected chi connectivity index (χ0v) is 15.9. The Morgan fingerprint density at radius 1 is 0.963 bits per heavy atom. The maximum absolute atomic E-state index is 12.7. The van der Waals surface area contributed by atoms with Crippen molar-refractivity contribution in [3.63, 3.8) is 0 Å². The number of allylic oxidation sites excluding steroid dienone is 2. The Labute approximate surface area is 164 Å². The number of benzene rings is 2. The quantitative estimate of drug-likeness (QED) is 0.321. The van der Waals surface area contributed by atoms with Crippen molar-refractivity contribution >= 4 is 39.4 Å². The Morgan fingerprint density at radius 2 is 1.59 bits per heavy atom. The zero-order chi connectivity index (χ0) is 19.0. The predicted molar refractivity (Wildman–Crippen MR) is 103 cm³/mol. The molecule has 0 saturated carbocycles. The summed E-state index contributed by atoms with van der Waals surface area (Å²) >= 11 is 3.33. The van der Waals surface area contributed by atoms with Crippen LogP contribution in [-0.2, 0) is 9.59 Å². The van der Waals surface area contributed by atoms with Crippen LogP contribution in [0.1, 0.15) is 23.2 Å². The SMILES string of the molecule is O=C(Oc1ccc(Br)cc1)c1cccc(N2C(=O)C3CC=CCC3C2=O)c1. The fourth-order valence-electron chi connectivity index (χ4n) is 3.50. The number of carbonyl (C=O) groups is 3. The molecule has 5 nitrogen and oxygen atoms in total. The molecule has 2 aromatic rings. The van der Waals surface area contributed by atoms with Crippen molar-refractivity contribution < 1.29 is 19.1 Å². The molecule has 2 aliphatic rings. The molecule has 1 saturated heterocycles. The number of amides is 2. The van der Waals surface area contributed by atoms with Crippen LogP contribution in [0, 0.1) is 11.8 Å². The van der Waals surface area contributed by atoms with Crippen molar-refractivity contribution in [1.82, 2.24) is 0 Å². The number of hydrogen-bond donors (Lipinski definition) is 0. The topological polar surface area (TPSA) is 63.7 Å². The van der Waals surface area contributed by atoms with Gasteiger partial charge in [0.05, 0.1) is 23.1 Å². The fraction of sp³-hybridized carbons (Fsp3) is 0.190. The van der Waals surface area contributed by atoms with Crippen molar-refractivity contribution in [3.8, 4) is 5.75 Å². The van der Waals surface area contributed by atoms with Crippen LogP contribution in [0.2, 0.25) is 0 Å². The van der Waals surface area contributed by atoms with Crippen LogP contribution in [0.15, 0.2) is 65.2 Å². The molecule has 1 fully saturated rings. The minimum Gasteiger partial charge on any atom is -0.423 e. The van der Waals surface area contributed by atoms with E-state index in [1.165, 1.54) is 11.0 Å². The third kappa shape index (κ3) is 3.32. The van der Waals surface area contributed by atoms with Crippen molar-refractivity contribution in [2.75, 3.05) is 4.90 Å². The van der Waals surface area contributed by atoms with E-state index in [1.54, 1.807) is 42.5 Å². The summed E-state index contributed by atoms with van der Waals surface area (Å²) in [5.74, 6) is -1.14. The van der Waals surface area contributed by atoms with Gasteiger partial charge in [0.1, 0.15) is 5.75 Å². The van der Waals surface area contributed by atoms with E-state index in [4.69, 9.17) is 4.74 Å². The summed E-state index contributed by atoms with van der Waals surface area (Å²) in [6.45, 7) is 0. The Morgan fingerprint density at radius 3 is 2.22 bits per heavy atom. The molecule has 1 heterocycles. The van der Waals surface area contributed by atoms with Gasteiger partial charge in [0, 0.05) is 4.47 Å². The van der Waals surface area contributed by atoms with Crippen LogP contribution in [0.3, 0.4) is 0 Å². The second-order valence-electron chi connectivity index (χ2n) is 6.56. The highest BCUT2D eigenvalue weighted by atomic mass is 79.9. The lowest BCUT2D eigenvalue weighted by atomic mass is 9.85. The number of rotatable bonds is 3. The average Bonchev–Trinajstić information content (AvgIpc) is 2.95. The molecule has 2 amide bonds. The molecule has 27 heavy (non-hydrogen) atoms. The van der Waals surface area contributed by atoms with Gasteiger partial charge >= 0.3 is 5.97 Å². The summed E-state index contributed by atoms with van der Waals surface area (Å²) in [7, 11) is 0. The van der Waals surface area contributed by atoms with Crippen LogP contribution in [0.5, 0.6) is 5.75 Å². The summed E-state index contributed by atoms with van der Waals surface area (Å²) in [6, 6.07) is 13.3. The smallest absolute Gasteiger partial charge is 0.343 e. The molecule has 4 rings (SSSR count). The third-order valence-corrected chi connectivity index (χ3v) is 5.40. The molecule has 136 valence electrons. The van der Waals surface area contributed by atoms with Crippen LogP contribution in [0.4, 0.5) is 5.69 Å². The molecule has 2 atom stereocenters. The third-order valence-electron chi connectivity index (χ3n) is 4.87. The number of hydrogen-bond acceptors (Lipinski definition) is 4. The molecule has 1 aliphatic heterocycles. The molecule has 2 unspecified atom stereocenters. The van der Waals surface area contributed by atoms with Gasteiger partial charge in [0.2, 0.25) is 11.8 Å². The maximum atomic E-state index is 12.7. The summed E-state index contributed by atoms with van der Waals surface area (Å²) in [4.78, 5) is 39.1. The first-order chi connectivity index (χ1) is 13.0. The number of ether oxygens (including phenoxy) is 1. The molecule has 2 aromatic carbocycles. The molecule has 6 heteroatoms. The standard InChI is InChI=1S/C21H16BrNO4/c22-14-8-10-16(11-9-14)27-21(26)13-4-3-5-15(12-13)23-19(24)17-6-1-2-7-18(17)20(23)25/h1-5,8-12,17-18H,6-7H2. The summed E-state index contributed by atoms with van der Waals surface area (Å²) in [6.07, 6.45) is 5.05. The number of carbonyl (C=O) groups excluding carboxylic acids is 3. The predicted octanol–water partition coefficient (Wildman–Crippen LogP) is 4.12. The first kappa shape index (κ1) is 17.7. The first-order valence-corrected chi connectivity index (χ1v) is 9.44. The molecule has 0 bridgehead atoms. The van der Waals surface area contributed by atoms with Crippen molar-refractivity contribution in [3.05, 3.63) is 70.7 Å². The molecule has 0 radical (unpaired) electrons. The van der Waals surface area contributed by atoms with Gasteiger partial charge in [-0.15, -0.1) is 0 Å². The van der Waals surface area contributed by atoms with Crippen molar-refractivity contribution in [2.24, 2.45) is 11.8 Å². The van der Waals surface area contributed by atoms with E-state index in [-0.39, 0.29) is 29.2 Å². The fourth-order valence-corrected chi connectivity index (χ4v) is 3.76. The highest BCUT2D eigenvalue weighted by Crippen LogP contribution is 2.37. The number of nitrogens with zero attached hydrogens (tertiary/aromatic N) is 1. The monoisotopic (exact) mass is 425 g/mol.